The minimum atomic E-state index is 0.572. The molecule has 4 heteroatoms. The van der Waals surface area contributed by atoms with Crippen molar-refractivity contribution in [3.05, 3.63) is 24.4 Å². The molecule has 0 atom stereocenters. The summed E-state index contributed by atoms with van der Waals surface area (Å²) in [6.07, 6.45) is 1.66. The molecule has 0 radical (unpaired) electrons. The number of pyridine rings is 1. The molecule has 10 heavy (non-hydrogen) atoms. The van der Waals surface area contributed by atoms with E-state index in [-0.39, 0.29) is 0 Å². The highest BCUT2D eigenvalue weighted by Gasteiger charge is 1.73. The first-order valence-electron chi connectivity index (χ1n) is 2.47. The van der Waals surface area contributed by atoms with E-state index in [1.54, 1.807) is 17.2 Å². The molecule has 2 N–H and O–H groups in total. The SMILES string of the molecule is N#CBr.Nc1ccccn1. The largest absolute Gasteiger partial charge is 0.384 e. The quantitative estimate of drug-likeness (QED) is 0.690. The summed E-state index contributed by atoms with van der Waals surface area (Å²) in [5.41, 5.74) is 5.25. The minimum Gasteiger partial charge on any atom is -0.384 e. The van der Waals surface area contributed by atoms with Gasteiger partial charge in [-0.05, 0) is 12.1 Å². The Morgan fingerprint density at radius 1 is 1.60 bits per heavy atom. The van der Waals surface area contributed by atoms with E-state index in [0.717, 1.165) is 0 Å². The first kappa shape index (κ1) is 8.92. The Morgan fingerprint density at radius 3 is 2.40 bits per heavy atom. The zero-order valence-electron chi connectivity index (χ0n) is 5.16. The molecule has 0 fully saturated rings. The third-order valence-corrected chi connectivity index (χ3v) is 0.688. The number of hydrogen-bond donors (Lipinski definition) is 1. The molecule has 1 heterocycles. The maximum absolute atomic E-state index is 7.24. The Kier molecular flexibility index (Phi) is 5.39. The number of nitrogens with two attached hydrogens (primary N) is 1. The molecule has 1 aromatic heterocycles. The minimum absolute atomic E-state index is 0.572. The molecule has 1 rings (SSSR count). The number of aromatic nitrogens is 1. The summed E-state index contributed by atoms with van der Waals surface area (Å²) in [6, 6.07) is 5.43. The van der Waals surface area contributed by atoms with Crippen LogP contribution in [0, 0.1) is 10.2 Å². The van der Waals surface area contributed by atoms with Crippen LogP contribution in [0.25, 0.3) is 0 Å². The molecule has 0 saturated carbocycles. The molecular formula is C6H6BrN3. The fourth-order valence-corrected chi connectivity index (χ4v) is 0.376. The van der Waals surface area contributed by atoms with E-state index in [1.807, 2.05) is 12.1 Å². The smallest absolute Gasteiger partial charge is 0.142 e. The van der Waals surface area contributed by atoms with Crippen LogP contribution in [0.4, 0.5) is 5.82 Å². The zero-order chi connectivity index (χ0) is 7.82. The van der Waals surface area contributed by atoms with Gasteiger partial charge in [0.1, 0.15) is 10.8 Å². The van der Waals surface area contributed by atoms with Crippen molar-refractivity contribution in [2.75, 3.05) is 5.73 Å². The summed E-state index contributed by atoms with van der Waals surface area (Å²) in [5, 5.41) is 7.24. The number of nitrogens with zero attached hydrogens (tertiary/aromatic N) is 2. The number of anilines is 1. The summed E-state index contributed by atoms with van der Waals surface area (Å²) in [7, 11) is 0. The monoisotopic (exact) mass is 199 g/mol. The molecule has 3 nitrogen and oxygen atoms in total. The molecule has 52 valence electrons. The molecule has 0 aromatic carbocycles. The molecule has 1 aromatic rings. The van der Waals surface area contributed by atoms with E-state index in [4.69, 9.17) is 11.0 Å². The Bertz CT molecular complexity index is 204. The third kappa shape index (κ3) is 5.06. The van der Waals surface area contributed by atoms with Gasteiger partial charge in [0, 0.05) is 22.1 Å². The van der Waals surface area contributed by atoms with Crippen LogP contribution in [0.2, 0.25) is 0 Å². The Morgan fingerprint density at radius 2 is 2.20 bits per heavy atom. The summed E-state index contributed by atoms with van der Waals surface area (Å²) >= 11 is 2.45. The summed E-state index contributed by atoms with van der Waals surface area (Å²) in [5.74, 6) is 0.572. The van der Waals surface area contributed by atoms with Crippen molar-refractivity contribution in [2.45, 2.75) is 0 Å². The van der Waals surface area contributed by atoms with Gasteiger partial charge in [0.05, 0.1) is 0 Å². The van der Waals surface area contributed by atoms with Gasteiger partial charge in [-0.25, -0.2) is 4.98 Å². The van der Waals surface area contributed by atoms with E-state index in [2.05, 4.69) is 20.9 Å². The van der Waals surface area contributed by atoms with Crippen LogP contribution in [0.5, 0.6) is 0 Å². The van der Waals surface area contributed by atoms with Crippen molar-refractivity contribution in [1.29, 1.82) is 5.26 Å². The van der Waals surface area contributed by atoms with Crippen LogP contribution < -0.4 is 5.73 Å². The van der Waals surface area contributed by atoms with Crippen molar-refractivity contribution < 1.29 is 0 Å². The number of rotatable bonds is 0. The average molecular weight is 200 g/mol. The zero-order valence-corrected chi connectivity index (χ0v) is 6.75. The molecule has 0 bridgehead atoms. The van der Waals surface area contributed by atoms with Crippen molar-refractivity contribution in [2.24, 2.45) is 0 Å². The van der Waals surface area contributed by atoms with Crippen molar-refractivity contribution >= 4 is 21.7 Å². The van der Waals surface area contributed by atoms with Gasteiger partial charge in [-0.3, -0.25) is 0 Å². The van der Waals surface area contributed by atoms with Gasteiger partial charge in [0.25, 0.3) is 0 Å². The predicted octanol–water partition coefficient (Wildman–Crippen LogP) is 1.53. The number of nitrogen functional groups attached to an aromatic ring is 1. The molecule has 0 aliphatic heterocycles. The van der Waals surface area contributed by atoms with Crippen LogP contribution in [0.1, 0.15) is 0 Å². The van der Waals surface area contributed by atoms with Crippen LogP contribution in [-0.4, -0.2) is 4.98 Å². The molecule has 0 amide bonds. The number of nitriles is 1. The Labute approximate surface area is 67.6 Å². The Hall–Kier alpha value is -1.08. The highest BCUT2D eigenvalue weighted by Crippen LogP contribution is 1.89. The van der Waals surface area contributed by atoms with Gasteiger partial charge in [0.2, 0.25) is 0 Å². The second kappa shape index (κ2) is 6.05. The van der Waals surface area contributed by atoms with E-state index in [9.17, 15) is 0 Å². The van der Waals surface area contributed by atoms with Gasteiger partial charge >= 0.3 is 0 Å². The van der Waals surface area contributed by atoms with Gasteiger partial charge in [0.15, 0.2) is 0 Å². The lowest BCUT2D eigenvalue weighted by Gasteiger charge is -1.82. The van der Waals surface area contributed by atoms with Crippen LogP contribution in [0.15, 0.2) is 24.4 Å². The van der Waals surface area contributed by atoms with E-state index in [1.165, 1.54) is 0 Å². The molecule has 0 saturated heterocycles. The van der Waals surface area contributed by atoms with Gasteiger partial charge in [-0.15, -0.1) is 0 Å². The lowest BCUT2D eigenvalue weighted by atomic mass is 10.5. The van der Waals surface area contributed by atoms with E-state index < -0.39 is 0 Å². The number of hydrogen-bond acceptors (Lipinski definition) is 3. The molecule has 0 unspecified atom stereocenters. The second-order valence-corrected chi connectivity index (χ2v) is 1.69. The van der Waals surface area contributed by atoms with E-state index >= 15 is 0 Å². The van der Waals surface area contributed by atoms with Crippen molar-refractivity contribution in [3.63, 3.8) is 0 Å². The van der Waals surface area contributed by atoms with Crippen molar-refractivity contribution in [1.82, 2.24) is 4.98 Å². The van der Waals surface area contributed by atoms with Crippen LogP contribution in [0.3, 0.4) is 0 Å². The molecule has 0 aliphatic rings. The highest BCUT2D eigenvalue weighted by atomic mass is 79.9. The van der Waals surface area contributed by atoms with E-state index in [0.29, 0.717) is 5.82 Å². The fraction of sp³-hybridized carbons (Fsp3) is 0. The first-order valence-corrected chi connectivity index (χ1v) is 3.26. The van der Waals surface area contributed by atoms with Gasteiger partial charge in [-0.1, -0.05) is 6.07 Å². The van der Waals surface area contributed by atoms with Crippen LogP contribution >= 0.6 is 15.9 Å². The first-order chi connectivity index (χ1) is 4.81. The normalized spacial score (nSPS) is 6.80. The highest BCUT2D eigenvalue weighted by molar-refractivity contribution is 9.12. The summed E-state index contributed by atoms with van der Waals surface area (Å²) in [6.45, 7) is 0. The summed E-state index contributed by atoms with van der Waals surface area (Å²) in [4.78, 5) is 5.32. The molecule has 0 spiro atoms. The average Bonchev–Trinajstić information content (AvgIpc) is 1.91. The fourth-order valence-electron chi connectivity index (χ4n) is 0.376. The predicted molar refractivity (Wildman–Crippen MR) is 43.2 cm³/mol. The third-order valence-electron chi connectivity index (χ3n) is 0.688. The van der Waals surface area contributed by atoms with Crippen LogP contribution in [-0.2, 0) is 0 Å². The maximum Gasteiger partial charge on any atom is 0.142 e. The summed E-state index contributed by atoms with van der Waals surface area (Å²) < 4.78 is 0. The lowest BCUT2D eigenvalue weighted by molar-refractivity contribution is 1.34. The van der Waals surface area contributed by atoms with Gasteiger partial charge < -0.3 is 5.73 Å². The second-order valence-electron chi connectivity index (χ2n) is 1.34. The maximum atomic E-state index is 7.24. The lowest BCUT2D eigenvalue weighted by Crippen LogP contribution is -1.85. The topological polar surface area (TPSA) is 62.7 Å². The molecule has 0 aliphatic carbocycles. The van der Waals surface area contributed by atoms with Crippen molar-refractivity contribution in [3.8, 4) is 4.98 Å². The molecular weight excluding hydrogens is 194 g/mol. The number of halogens is 1. The standard InChI is InChI=1S/C5H6N2.CBrN/c6-5-3-1-2-4-7-5;2-1-3/h1-4H,(H2,6,7);. The Balaban J connectivity index is 0.000000236. The van der Waals surface area contributed by atoms with Gasteiger partial charge in [-0.2, -0.15) is 5.26 Å².